The molecule has 1 N–H and O–H groups in total. The summed E-state index contributed by atoms with van der Waals surface area (Å²) >= 11 is 0. The molecule has 0 aromatic heterocycles. The van der Waals surface area contributed by atoms with E-state index in [1.165, 1.54) is 13.2 Å². The van der Waals surface area contributed by atoms with Crippen molar-refractivity contribution >= 4 is 0 Å². The van der Waals surface area contributed by atoms with Gasteiger partial charge in [0.2, 0.25) is 0 Å². The van der Waals surface area contributed by atoms with E-state index in [2.05, 4.69) is 12.2 Å². The summed E-state index contributed by atoms with van der Waals surface area (Å²) in [4.78, 5) is 0. The van der Waals surface area contributed by atoms with Gasteiger partial charge in [-0.2, -0.15) is 0 Å². The lowest BCUT2D eigenvalue weighted by Crippen LogP contribution is -2.18. The maximum absolute atomic E-state index is 13.5. The molecule has 1 aromatic rings. The van der Waals surface area contributed by atoms with Gasteiger partial charge in [0.1, 0.15) is 11.6 Å². The van der Waals surface area contributed by atoms with Crippen LogP contribution in [0.1, 0.15) is 12.5 Å². The Bertz CT molecular complexity index is 314. The van der Waals surface area contributed by atoms with E-state index in [1.54, 1.807) is 12.1 Å². The highest BCUT2D eigenvalue weighted by atomic mass is 19.1. The van der Waals surface area contributed by atoms with Gasteiger partial charge in [-0.15, -0.1) is 0 Å². The Hall–Kier alpha value is -1.09. The lowest BCUT2D eigenvalue weighted by molar-refractivity contribution is 0.410. The van der Waals surface area contributed by atoms with Gasteiger partial charge in [-0.05, 0) is 37.6 Å². The van der Waals surface area contributed by atoms with Crippen molar-refractivity contribution in [2.24, 2.45) is 5.92 Å². The molecule has 0 bridgehead atoms. The molecule has 0 amide bonds. The second kappa shape index (κ2) is 5.71. The third-order valence-corrected chi connectivity index (χ3v) is 2.38. The lowest BCUT2D eigenvalue weighted by Gasteiger charge is -2.11. The van der Waals surface area contributed by atoms with Crippen LogP contribution in [0.25, 0.3) is 0 Å². The molecule has 0 heterocycles. The van der Waals surface area contributed by atoms with Gasteiger partial charge in [0.05, 0.1) is 7.11 Å². The quantitative estimate of drug-likeness (QED) is 0.806. The molecule has 0 saturated heterocycles. The van der Waals surface area contributed by atoms with Gasteiger partial charge in [-0.25, -0.2) is 4.39 Å². The highest BCUT2D eigenvalue weighted by Gasteiger charge is 2.08. The Morgan fingerprint density at radius 2 is 2.20 bits per heavy atom. The minimum absolute atomic E-state index is 0.183. The number of nitrogens with one attached hydrogen (secondary N) is 1. The SMILES string of the molecule is CNCC(C)Cc1ccc(OC)cc1F. The molecule has 1 aromatic carbocycles. The minimum atomic E-state index is -0.183. The Kier molecular flexibility index (Phi) is 4.56. The predicted octanol–water partition coefficient (Wildman–Crippen LogP) is 2.23. The van der Waals surface area contributed by atoms with Crippen molar-refractivity contribution in [3.63, 3.8) is 0 Å². The first-order valence-electron chi connectivity index (χ1n) is 5.14. The molecule has 1 unspecified atom stereocenters. The van der Waals surface area contributed by atoms with E-state index in [4.69, 9.17) is 4.74 Å². The number of hydrogen-bond donors (Lipinski definition) is 1. The average Bonchev–Trinajstić information content (AvgIpc) is 2.21. The van der Waals surface area contributed by atoms with Crippen molar-refractivity contribution in [3.05, 3.63) is 29.6 Å². The molecule has 0 saturated carbocycles. The summed E-state index contributed by atoms with van der Waals surface area (Å²) in [7, 11) is 3.44. The highest BCUT2D eigenvalue weighted by molar-refractivity contribution is 5.29. The average molecular weight is 211 g/mol. The van der Waals surface area contributed by atoms with Gasteiger partial charge in [0.25, 0.3) is 0 Å². The Morgan fingerprint density at radius 3 is 2.73 bits per heavy atom. The van der Waals surface area contributed by atoms with Crippen molar-refractivity contribution in [2.75, 3.05) is 20.7 Å². The standard InChI is InChI=1S/C12H18FNO/c1-9(8-14-2)6-10-4-5-11(15-3)7-12(10)13/h4-5,7,9,14H,6,8H2,1-3H3. The molecule has 3 heteroatoms. The summed E-state index contributed by atoms with van der Waals surface area (Å²) in [6, 6.07) is 5.02. The first kappa shape index (κ1) is 12.0. The summed E-state index contributed by atoms with van der Waals surface area (Å²) in [5.74, 6) is 0.813. The molecule has 0 radical (unpaired) electrons. The minimum Gasteiger partial charge on any atom is -0.497 e. The number of rotatable bonds is 5. The van der Waals surface area contributed by atoms with E-state index >= 15 is 0 Å². The second-order valence-electron chi connectivity index (χ2n) is 3.82. The highest BCUT2D eigenvalue weighted by Crippen LogP contribution is 2.18. The van der Waals surface area contributed by atoms with E-state index in [0.717, 1.165) is 18.5 Å². The first-order chi connectivity index (χ1) is 7.17. The molecule has 0 aliphatic rings. The van der Waals surface area contributed by atoms with Gasteiger partial charge in [-0.3, -0.25) is 0 Å². The molecule has 15 heavy (non-hydrogen) atoms. The lowest BCUT2D eigenvalue weighted by atomic mass is 10.0. The third-order valence-electron chi connectivity index (χ3n) is 2.38. The third kappa shape index (κ3) is 3.51. The van der Waals surface area contributed by atoms with Crippen molar-refractivity contribution in [3.8, 4) is 5.75 Å². The predicted molar refractivity (Wildman–Crippen MR) is 59.7 cm³/mol. The van der Waals surface area contributed by atoms with Gasteiger partial charge in [0.15, 0.2) is 0 Å². The summed E-state index contributed by atoms with van der Waals surface area (Å²) in [6.45, 7) is 2.99. The zero-order valence-electron chi connectivity index (χ0n) is 9.51. The molecule has 0 aliphatic carbocycles. The van der Waals surface area contributed by atoms with Crippen molar-refractivity contribution in [2.45, 2.75) is 13.3 Å². The molecule has 0 spiro atoms. The van der Waals surface area contributed by atoms with Gasteiger partial charge in [0, 0.05) is 6.07 Å². The van der Waals surface area contributed by atoms with Gasteiger partial charge < -0.3 is 10.1 Å². The van der Waals surface area contributed by atoms with Crippen LogP contribution in [-0.4, -0.2) is 20.7 Å². The van der Waals surface area contributed by atoms with Crippen LogP contribution in [0.4, 0.5) is 4.39 Å². The molecule has 0 fully saturated rings. The van der Waals surface area contributed by atoms with Crippen LogP contribution in [0.5, 0.6) is 5.75 Å². The molecule has 84 valence electrons. The van der Waals surface area contributed by atoms with Crippen LogP contribution < -0.4 is 10.1 Å². The number of halogens is 1. The van der Waals surface area contributed by atoms with E-state index in [1.807, 2.05) is 7.05 Å². The molecule has 1 atom stereocenters. The van der Waals surface area contributed by atoms with Crippen LogP contribution in [0.3, 0.4) is 0 Å². The fourth-order valence-corrected chi connectivity index (χ4v) is 1.62. The molecule has 2 nitrogen and oxygen atoms in total. The molecular formula is C12H18FNO. The van der Waals surface area contributed by atoms with E-state index in [-0.39, 0.29) is 5.82 Å². The summed E-state index contributed by atoms with van der Waals surface area (Å²) in [5, 5.41) is 3.08. The number of ether oxygens (including phenoxy) is 1. The van der Waals surface area contributed by atoms with Gasteiger partial charge >= 0.3 is 0 Å². The zero-order valence-corrected chi connectivity index (χ0v) is 9.51. The number of hydrogen-bond acceptors (Lipinski definition) is 2. The fraction of sp³-hybridized carbons (Fsp3) is 0.500. The van der Waals surface area contributed by atoms with Crippen LogP contribution in [-0.2, 0) is 6.42 Å². The fourth-order valence-electron chi connectivity index (χ4n) is 1.62. The van der Waals surface area contributed by atoms with Crippen LogP contribution in [0.2, 0.25) is 0 Å². The Labute approximate surface area is 90.4 Å². The maximum atomic E-state index is 13.5. The van der Waals surface area contributed by atoms with Crippen molar-refractivity contribution < 1.29 is 9.13 Å². The van der Waals surface area contributed by atoms with Crippen LogP contribution >= 0.6 is 0 Å². The van der Waals surface area contributed by atoms with Crippen molar-refractivity contribution in [1.82, 2.24) is 5.32 Å². The largest absolute Gasteiger partial charge is 0.497 e. The second-order valence-corrected chi connectivity index (χ2v) is 3.82. The first-order valence-corrected chi connectivity index (χ1v) is 5.14. The zero-order chi connectivity index (χ0) is 11.3. The summed E-state index contributed by atoms with van der Waals surface area (Å²) in [5.41, 5.74) is 0.749. The van der Waals surface area contributed by atoms with Gasteiger partial charge in [-0.1, -0.05) is 13.0 Å². The summed E-state index contributed by atoms with van der Waals surface area (Å²) in [6.07, 6.45) is 0.747. The van der Waals surface area contributed by atoms with E-state index in [0.29, 0.717) is 11.7 Å². The summed E-state index contributed by atoms with van der Waals surface area (Å²) < 4.78 is 18.5. The number of methoxy groups -OCH3 is 1. The number of benzene rings is 1. The van der Waals surface area contributed by atoms with Crippen molar-refractivity contribution in [1.29, 1.82) is 0 Å². The van der Waals surface area contributed by atoms with Crippen LogP contribution in [0, 0.1) is 11.7 Å². The topological polar surface area (TPSA) is 21.3 Å². The molecule has 0 aliphatic heterocycles. The van der Waals surface area contributed by atoms with E-state index in [9.17, 15) is 4.39 Å². The van der Waals surface area contributed by atoms with E-state index < -0.39 is 0 Å². The monoisotopic (exact) mass is 211 g/mol. The Balaban J connectivity index is 2.69. The molecular weight excluding hydrogens is 193 g/mol. The normalized spacial score (nSPS) is 12.5. The Morgan fingerprint density at radius 1 is 1.47 bits per heavy atom. The van der Waals surface area contributed by atoms with Crippen LogP contribution in [0.15, 0.2) is 18.2 Å². The smallest absolute Gasteiger partial charge is 0.130 e. The molecule has 1 rings (SSSR count). The maximum Gasteiger partial charge on any atom is 0.130 e.